The summed E-state index contributed by atoms with van der Waals surface area (Å²) in [5.41, 5.74) is 8.32. The van der Waals surface area contributed by atoms with Gasteiger partial charge in [-0.05, 0) is 39.0 Å². The highest BCUT2D eigenvalue weighted by atomic mass is 16.2. The number of nitrogens with one attached hydrogen (secondary N) is 2. The molecule has 0 radical (unpaired) electrons. The highest BCUT2D eigenvalue weighted by Gasteiger charge is 2.27. The first-order chi connectivity index (χ1) is 13.8. The van der Waals surface area contributed by atoms with Crippen molar-refractivity contribution in [3.8, 4) is 0 Å². The van der Waals surface area contributed by atoms with E-state index in [1.54, 1.807) is 21.4 Å². The van der Waals surface area contributed by atoms with E-state index in [0.29, 0.717) is 34.9 Å². The number of hydrogen-bond acceptors (Lipinski definition) is 5. The molecule has 0 saturated carbocycles. The van der Waals surface area contributed by atoms with Crippen LogP contribution in [-0.2, 0) is 11.3 Å². The first kappa shape index (κ1) is 18.7. The maximum absolute atomic E-state index is 12.9. The number of aryl methyl sites for hydroxylation is 2. The molecule has 10 heteroatoms. The summed E-state index contributed by atoms with van der Waals surface area (Å²) in [5.74, 6) is -0.886. The first-order valence-electron chi connectivity index (χ1n) is 9.30. The lowest BCUT2D eigenvalue weighted by Crippen LogP contribution is -2.21. The van der Waals surface area contributed by atoms with Crippen molar-refractivity contribution >= 4 is 40.4 Å². The van der Waals surface area contributed by atoms with Crippen molar-refractivity contribution in [2.24, 2.45) is 5.73 Å². The molecule has 0 saturated heterocycles. The Kier molecular flexibility index (Phi) is 4.33. The van der Waals surface area contributed by atoms with Gasteiger partial charge in [-0.2, -0.15) is 5.10 Å². The molecule has 0 bridgehead atoms. The second-order valence-electron chi connectivity index (χ2n) is 7.10. The molecule has 4 rings (SSSR count). The molecule has 1 aliphatic rings. The summed E-state index contributed by atoms with van der Waals surface area (Å²) in [5, 5.41) is 9.93. The van der Waals surface area contributed by atoms with E-state index < -0.39 is 5.91 Å². The maximum atomic E-state index is 12.9. The van der Waals surface area contributed by atoms with Crippen LogP contribution >= 0.6 is 0 Å². The van der Waals surface area contributed by atoms with Crippen LogP contribution in [0.1, 0.15) is 52.9 Å². The standard InChI is InChI=1S/C19H21N7O3/c1-4-25-14(5-9(2)24-25)18(29)23-19-22-13-8-11(17(20)28)7-12-16(13)26(19)10(3)6-15(27)21-12/h5,7-8,10H,4,6H2,1-3H3,(H2,20,28)(H,21,27)(H,22,23,29)/t10-/m0/s1. The molecule has 3 amide bonds. The monoisotopic (exact) mass is 395 g/mol. The Hall–Kier alpha value is -3.69. The van der Waals surface area contributed by atoms with Gasteiger partial charge in [0.25, 0.3) is 5.91 Å². The van der Waals surface area contributed by atoms with Crippen LogP contribution in [0.15, 0.2) is 18.2 Å². The number of rotatable bonds is 4. The fraction of sp³-hybridized carbons (Fsp3) is 0.316. The van der Waals surface area contributed by atoms with Crippen molar-refractivity contribution in [1.82, 2.24) is 19.3 Å². The van der Waals surface area contributed by atoms with Crippen molar-refractivity contribution in [3.05, 3.63) is 35.2 Å². The minimum atomic E-state index is -0.628. The van der Waals surface area contributed by atoms with Gasteiger partial charge in [0, 0.05) is 24.6 Å². The largest absolute Gasteiger partial charge is 0.366 e. The van der Waals surface area contributed by atoms with Crippen LogP contribution in [0.25, 0.3) is 11.0 Å². The lowest BCUT2D eigenvalue weighted by Gasteiger charge is -2.15. The van der Waals surface area contributed by atoms with Crippen LogP contribution in [-0.4, -0.2) is 37.1 Å². The normalized spacial score (nSPS) is 15.8. The number of carbonyl (C=O) groups excluding carboxylic acids is 3. The Labute approximate surface area is 166 Å². The summed E-state index contributed by atoms with van der Waals surface area (Å²) < 4.78 is 3.41. The van der Waals surface area contributed by atoms with Gasteiger partial charge in [0.05, 0.1) is 22.4 Å². The zero-order valence-electron chi connectivity index (χ0n) is 16.3. The molecule has 29 heavy (non-hydrogen) atoms. The second kappa shape index (κ2) is 6.73. The topological polar surface area (TPSA) is 137 Å². The fourth-order valence-electron chi connectivity index (χ4n) is 3.68. The third-order valence-corrected chi connectivity index (χ3v) is 4.93. The summed E-state index contributed by atoms with van der Waals surface area (Å²) in [6.45, 7) is 6.14. The SMILES string of the molecule is CCn1nc(C)cc1C(=O)Nc1nc2cc(C(N)=O)cc3c2n1[C@@H](C)CC(=O)N3. The quantitative estimate of drug-likeness (QED) is 0.619. The van der Waals surface area contributed by atoms with E-state index in [-0.39, 0.29) is 29.8 Å². The highest BCUT2D eigenvalue weighted by molar-refractivity contribution is 6.08. The number of anilines is 2. The van der Waals surface area contributed by atoms with Crippen molar-refractivity contribution in [2.75, 3.05) is 10.6 Å². The molecule has 4 N–H and O–H groups in total. The van der Waals surface area contributed by atoms with Gasteiger partial charge < -0.3 is 15.6 Å². The number of nitrogens with two attached hydrogens (primary N) is 1. The predicted molar refractivity (Wildman–Crippen MR) is 107 cm³/mol. The number of amides is 3. The molecule has 2 aromatic heterocycles. The number of hydrogen-bond donors (Lipinski definition) is 3. The van der Waals surface area contributed by atoms with E-state index in [0.717, 1.165) is 5.69 Å². The van der Waals surface area contributed by atoms with Crippen molar-refractivity contribution in [2.45, 2.75) is 39.8 Å². The third kappa shape index (κ3) is 3.12. The van der Waals surface area contributed by atoms with E-state index in [1.165, 1.54) is 6.07 Å². The molecule has 1 aromatic carbocycles. The molecule has 10 nitrogen and oxygen atoms in total. The van der Waals surface area contributed by atoms with Crippen molar-refractivity contribution in [3.63, 3.8) is 0 Å². The predicted octanol–water partition coefficient (Wildman–Crippen LogP) is 1.82. The van der Waals surface area contributed by atoms with Gasteiger partial charge in [-0.25, -0.2) is 4.98 Å². The smallest absolute Gasteiger partial charge is 0.276 e. The number of aromatic nitrogens is 4. The number of primary amides is 1. The molecule has 150 valence electrons. The average Bonchev–Trinajstić information content (AvgIpc) is 3.17. The van der Waals surface area contributed by atoms with Crippen LogP contribution in [0, 0.1) is 6.92 Å². The van der Waals surface area contributed by atoms with Gasteiger partial charge in [-0.1, -0.05) is 0 Å². The van der Waals surface area contributed by atoms with Gasteiger partial charge in [-0.3, -0.25) is 24.4 Å². The molecular formula is C19H21N7O3. The van der Waals surface area contributed by atoms with E-state index in [2.05, 4.69) is 20.7 Å². The van der Waals surface area contributed by atoms with Crippen LogP contribution in [0.2, 0.25) is 0 Å². The summed E-state index contributed by atoms with van der Waals surface area (Å²) in [7, 11) is 0. The molecule has 3 heterocycles. The van der Waals surface area contributed by atoms with Crippen LogP contribution in [0.5, 0.6) is 0 Å². The molecule has 0 fully saturated rings. The Morgan fingerprint density at radius 1 is 1.34 bits per heavy atom. The zero-order chi connectivity index (χ0) is 20.9. The van der Waals surface area contributed by atoms with E-state index >= 15 is 0 Å². The average molecular weight is 395 g/mol. The van der Waals surface area contributed by atoms with Gasteiger partial charge in [0.2, 0.25) is 17.8 Å². The second-order valence-corrected chi connectivity index (χ2v) is 7.10. The first-order valence-corrected chi connectivity index (χ1v) is 9.30. The van der Waals surface area contributed by atoms with E-state index in [9.17, 15) is 14.4 Å². The minimum absolute atomic E-state index is 0.193. The summed E-state index contributed by atoms with van der Waals surface area (Å²) in [6.07, 6.45) is 0.195. The lowest BCUT2D eigenvalue weighted by atomic mass is 10.1. The van der Waals surface area contributed by atoms with Crippen LogP contribution < -0.4 is 16.4 Å². The summed E-state index contributed by atoms with van der Waals surface area (Å²) in [6, 6.07) is 4.53. The summed E-state index contributed by atoms with van der Waals surface area (Å²) >= 11 is 0. The Morgan fingerprint density at radius 2 is 2.10 bits per heavy atom. The Bertz CT molecular complexity index is 1170. The highest BCUT2D eigenvalue weighted by Crippen LogP contribution is 2.35. The fourth-order valence-corrected chi connectivity index (χ4v) is 3.68. The Morgan fingerprint density at radius 3 is 2.79 bits per heavy atom. The number of nitrogens with zero attached hydrogens (tertiary/aromatic N) is 4. The van der Waals surface area contributed by atoms with Gasteiger partial charge >= 0.3 is 0 Å². The number of imidazole rings is 1. The lowest BCUT2D eigenvalue weighted by molar-refractivity contribution is -0.116. The minimum Gasteiger partial charge on any atom is -0.366 e. The van der Waals surface area contributed by atoms with Crippen LogP contribution in [0.4, 0.5) is 11.6 Å². The molecule has 0 spiro atoms. The molecule has 3 aromatic rings. The molecule has 0 unspecified atom stereocenters. The molecular weight excluding hydrogens is 374 g/mol. The maximum Gasteiger partial charge on any atom is 0.276 e. The van der Waals surface area contributed by atoms with E-state index in [1.807, 2.05) is 20.8 Å². The van der Waals surface area contributed by atoms with Gasteiger partial charge in [0.15, 0.2) is 0 Å². The third-order valence-electron chi connectivity index (χ3n) is 4.93. The molecule has 0 aliphatic carbocycles. The van der Waals surface area contributed by atoms with Gasteiger partial charge in [-0.15, -0.1) is 0 Å². The van der Waals surface area contributed by atoms with Crippen LogP contribution in [0.3, 0.4) is 0 Å². The van der Waals surface area contributed by atoms with E-state index in [4.69, 9.17) is 5.73 Å². The molecule has 1 aliphatic heterocycles. The number of carbonyl (C=O) groups is 3. The number of benzene rings is 1. The zero-order valence-corrected chi connectivity index (χ0v) is 16.3. The van der Waals surface area contributed by atoms with Crippen molar-refractivity contribution < 1.29 is 14.4 Å². The summed E-state index contributed by atoms with van der Waals surface area (Å²) in [4.78, 5) is 41.4. The molecule has 1 atom stereocenters. The van der Waals surface area contributed by atoms with Gasteiger partial charge in [0.1, 0.15) is 5.69 Å². The van der Waals surface area contributed by atoms with Crippen molar-refractivity contribution in [1.29, 1.82) is 0 Å². The Balaban J connectivity index is 1.85.